The molecule has 0 aliphatic carbocycles. The molecule has 1 N–H and O–H groups in total. The van der Waals surface area contributed by atoms with Crippen molar-refractivity contribution < 1.29 is 19.4 Å². The van der Waals surface area contributed by atoms with Crippen molar-refractivity contribution in [3.05, 3.63) is 22.3 Å². The molecule has 1 heterocycles. The second kappa shape index (κ2) is 4.76. The molecular weight excluding hydrogens is 244 g/mol. The molecule has 1 aromatic carbocycles. The van der Waals surface area contributed by atoms with Gasteiger partial charge in [-0.25, -0.2) is 4.79 Å². The normalized spacial score (nSPS) is 21.5. The molecule has 4 heteroatoms. The zero-order chi connectivity index (χ0) is 14.2. The molecule has 0 unspecified atom stereocenters. The van der Waals surface area contributed by atoms with E-state index < -0.39 is 5.60 Å². The number of hydrogen-bond donors (Lipinski definition) is 1. The highest BCUT2D eigenvalue weighted by Gasteiger charge is 2.35. The molecule has 2 rings (SSSR count). The van der Waals surface area contributed by atoms with Gasteiger partial charge in [0.2, 0.25) is 0 Å². The Morgan fingerprint density at radius 3 is 2.63 bits per heavy atom. The van der Waals surface area contributed by atoms with Crippen LogP contribution in [-0.2, 0) is 16.0 Å². The summed E-state index contributed by atoms with van der Waals surface area (Å²) in [7, 11) is 0. The second-order valence-corrected chi connectivity index (χ2v) is 5.46. The Balaban J connectivity index is 2.43. The molecule has 1 aromatic rings. The van der Waals surface area contributed by atoms with Gasteiger partial charge in [0.15, 0.2) is 0 Å². The van der Waals surface area contributed by atoms with Crippen molar-refractivity contribution in [2.45, 2.75) is 46.1 Å². The van der Waals surface area contributed by atoms with Gasteiger partial charge in [-0.15, -0.1) is 0 Å². The van der Waals surface area contributed by atoms with Crippen LogP contribution in [0.5, 0.6) is 11.5 Å². The summed E-state index contributed by atoms with van der Waals surface area (Å²) in [6.45, 7) is 9.27. The van der Waals surface area contributed by atoms with Gasteiger partial charge >= 0.3 is 6.47 Å². The molecule has 0 bridgehead atoms. The van der Waals surface area contributed by atoms with Gasteiger partial charge in [-0.1, -0.05) is 0 Å². The van der Waals surface area contributed by atoms with Crippen LogP contribution < -0.4 is 4.74 Å². The molecule has 0 aromatic heterocycles. The van der Waals surface area contributed by atoms with E-state index in [4.69, 9.17) is 9.47 Å². The molecule has 19 heavy (non-hydrogen) atoms. The van der Waals surface area contributed by atoms with E-state index in [1.165, 1.54) is 6.47 Å². The molecule has 0 saturated heterocycles. The summed E-state index contributed by atoms with van der Waals surface area (Å²) >= 11 is 0. The van der Waals surface area contributed by atoms with Gasteiger partial charge in [0.1, 0.15) is 23.7 Å². The van der Waals surface area contributed by atoms with Crippen LogP contribution in [0.25, 0.3) is 0 Å². The largest absolute Gasteiger partial charge is 0.507 e. The second-order valence-electron chi connectivity index (χ2n) is 5.46. The SMILES string of the molecule is Cc1c(C)c2c(c(C)c1O)CC[C@@](C)(CO[C]=O)O2. The van der Waals surface area contributed by atoms with E-state index in [9.17, 15) is 9.90 Å². The summed E-state index contributed by atoms with van der Waals surface area (Å²) < 4.78 is 10.8. The summed E-state index contributed by atoms with van der Waals surface area (Å²) in [5.41, 5.74) is 3.18. The fourth-order valence-corrected chi connectivity index (χ4v) is 2.58. The Labute approximate surface area is 113 Å². The van der Waals surface area contributed by atoms with Crippen molar-refractivity contribution >= 4 is 6.47 Å². The monoisotopic (exact) mass is 263 g/mol. The Kier molecular flexibility index (Phi) is 3.43. The first-order chi connectivity index (χ1) is 8.89. The first-order valence-electron chi connectivity index (χ1n) is 6.39. The van der Waals surface area contributed by atoms with E-state index in [-0.39, 0.29) is 6.61 Å². The third kappa shape index (κ3) is 2.27. The maximum absolute atomic E-state index is 10.2. The third-order valence-electron chi connectivity index (χ3n) is 4.03. The highest BCUT2D eigenvalue weighted by molar-refractivity contribution is 5.58. The first-order valence-corrected chi connectivity index (χ1v) is 6.39. The standard InChI is InChI=1S/C15H19O4/c1-9-10(2)14-12(11(3)13(9)17)5-6-15(4,19-14)7-18-8-16/h17H,5-7H2,1-4H3/t15-/m0/s1. The van der Waals surface area contributed by atoms with Crippen LogP contribution in [-0.4, -0.2) is 23.8 Å². The average molecular weight is 263 g/mol. The Bertz CT molecular complexity index is 522. The number of aromatic hydroxyl groups is 1. The minimum Gasteiger partial charge on any atom is -0.507 e. The van der Waals surface area contributed by atoms with Crippen LogP contribution in [0.4, 0.5) is 0 Å². The predicted octanol–water partition coefficient (Wildman–Crippen LogP) is 2.48. The zero-order valence-electron chi connectivity index (χ0n) is 11.8. The lowest BCUT2D eigenvalue weighted by Gasteiger charge is -2.36. The lowest BCUT2D eigenvalue weighted by molar-refractivity contribution is 0.0113. The number of hydrogen-bond acceptors (Lipinski definition) is 4. The maximum Gasteiger partial charge on any atom is 0.417 e. The predicted molar refractivity (Wildman–Crippen MR) is 71.3 cm³/mol. The number of phenolic OH excluding ortho intramolecular Hbond substituents is 1. The van der Waals surface area contributed by atoms with Crippen LogP contribution in [0, 0.1) is 20.8 Å². The van der Waals surface area contributed by atoms with Crippen molar-refractivity contribution in [3.8, 4) is 11.5 Å². The minimum atomic E-state index is -0.523. The molecule has 0 saturated carbocycles. The maximum atomic E-state index is 10.2. The van der Waals surface area contributed by atoms with Gasteiger partial charge in [0, 0.05) is 5.56 Å². The fraction of sp³-hybridized carbons (Fsp3) is 0.533. The number of rotatable bonds is 3. The van der Waals surface area contributed by atoms with Crippen LogP contribution >= 0.6 is 0 Å². The van der Waals surface area contributed by atoms with Gasteiger partial charge in [0.05, 0.1) is 0 Å². The van der Waals surface area contributed by atoms with Gasteiger partial charge < -0.3 is 14.6 Å². The Morgan fingerprint density at radius 2 is 2.00 bits per heavy atom. The van der Waals surface area contributed by atoms with E-state index in [0.29, 0.717) is 5.75 Å². The highest BCUT2D eigenvalue weighted by Crippen LogP contribution is 2.43. The fourth-order valence-electron chi connectivity index (χ4n) is 2.58. The van der Waals surface area contributed by atoms with Crippen molar-refractivity contribution in [3.63, 3.8) is 0 Å². The van der Waals surface area contributed by atoms with Crippen molar-refractivity contribution in [1.29, 1.82) is 0 Å². The molecule has 4 nitrogen and oxygen atoms in total. The molecule has 103 valence electrons. The molecular formula is C15H19O4. The minimum absolute atomic E-state index is 0.189. The lowest BCUT2D eigenvalue weighted by atomic mass is 9.87. The van der Waals surface area contributed by atoms with Crippen molar-refractivity contribution in [2.24, 2.45) is 0 Å². The van der Waals surface area contributed by atoms with Crippen LogP contribution in [0.1, 0.15) is 35.6 Å². The molecule has 1 radical (unpaired) electrons. The molecule has 0 fully saturated rings. The van der Waals surface area contributed by atoms with E-state index in [1.807, 2.05) is 27.7 Å². The van der Waals surface area contributed by atoms with Crippen LogP contribution in [0.3, 0.4) is 0 Å². The van der Waals surface area contributed by atoms with E-state index in [2.05, 4.69) is 0 Å². The van der Waals surface area contributed by atoms with Crippen LogP contribution in [0.2, 0.25) is 0 Å². The summed E-state index contributed by atoms with van der Waals surface area (Å²) in [5, 5.41) is 10.1. The van der Waals surface area contributed by atoms with Crippen molar-refractivity contribution in [1.82, 2.24) is 0 Å². The number of phenols is 1. The Morgan fingerprint density at radius 1 is 1.32 bits per heavy atom. The lowest BCUT2D eigenvalue weighted by Crippen LogP contribution is -2.41. The van der Waals surface area contributed by atoms with E-state index in [1.54, 1.807) is 0 Å². The molecule has 1 aliphatic rings. The van der Waals surface area contributed by atoms with Gasteiger partial charge in [-0.2, -0.15) is 0 Å². The first kappa shape index (κ1) is 13.7. The topological polar surface area (TPSA) is 55.8 Å². The van der Waals surface area contributed by atoms with Crippen molar-refractivity contribution in [2.75, 3.05) is 6.61 Å². The average Bonchev–Trinajstić information content (AvgIpc) is 2.40. The molecule has 1 aliphatic heterocycles. The highest BCUT2D eigenvalue weighted by atomic mass is 16.6. The molecule has 1 atom stereocenters. The zero-order valence-corrected chi connectivity index (χ0v) is 11.8. The van der Waals surface area contributed by atoms with Crippen LogP contribution in [0.15, 0.2) is 0 Å². The number of ether oxygens (including phenoxy) is 2. The van der Waals surface area contributed by atoms with Gasteiger partial charge in [-0.05, 0) is 57.2 Å². The van der Waals surface area contributed by atoms with Gasteiger partial charge in [0.25, 0.3) is 0 Å². The smallest absolute Gasteiger partial charge is 0.417 e. The summed E-state index contributed by atoms with van der Waals surface area (Å²) in [4.78, 5) is 10.2. The molecule has 0 amide bonds. The number of carbonyl (C=O) groups excluding carboxylic acids is 1. The number of benzene rings is 1. The van der Waals surface area contributed by atoms with E-state index >= 15 is 0 Å². The molecule has 0 spiro atoms. The van der Waals surface area contributed by atoms with E-state index in [0.717, 1.165) is 40.8 Å². The summed E-state index contributed by atoms with van der Waals surface area (Å²) in [6.07, 6.45) is 1.54. The quantitative estimate of drug-likeness (QED) is 0.910. The third-order valence-corrected chi connectivity index (χ3v) is 4.03. The summed E-state index contributed by atoms with van der Waals surface area (Å²) in [6, 6.07) is 0. The summed E-state index contributed by atoms with van der Waals surface area (Å²) in [5.74, 6) is 1.16. The Hall–Kier alpha value is -1.71. The number of fused-ring (bicyclic) bond motifs is 1. The van der Waals surface area contributed by atoms with Gasteiger partial charge in [-0.3, -0.25) is 0 Å².